The highest BCUT2D eigenvalue weighted by molar-refractivity contribution is 5.76. The maximum Gasteiger partial charge on any atom is 0.360 e. The van der Waals surface area contributed by atoms with E-state index in [1.807, 2.05) is 0 Å². The van der Waals surface area contributed by atoms with Gasteiger partial charge in [-0.25, -0.2) is 14.1 Å². The number of quaternary nitrogens is 1. The summed E-state index contributed by atoms with van der Waals surface area (Å²) in [7, 11) is 0. The van der Waals surface area contributed by atoms with Gasteiger partial charge in [0, 0.05) is 6.42 Å². The summed E-state index contributed by atoms with van der Waals surface area (Å²) < 4.78 is -0.0880. The Hall–Kier alpha value is -1.16. The first kappa shape index (κ1) is 8.93. The molecule has 0 spiro atoms. The summed E-state index contributed by atoms with van der Waals surface area (Å²) in [6.45, 7) is 3.92. The molecule has 0 aromatic heterocycles. The highest BCUT2D eigenvalue weighted by Gasteiger charge is 2.40. The molecule has 0 bridgehead atoms. The maximum atomic E-state index is 11.3. The summed E-state index contributed by atoms with van der Waals surface area (Å²) in [5, 5.41) is 8.57. The molecule has 1 amide bonds. The number of carboxylic acid groups (broad SMARTS) is 1. The highest BCUT2D eigenvalue weighted by atomic mass is 16.4. The third kappa shape index (κ3) is 1.38. The number of carboxylic acids is 1. The molecule has 1 unspecified atom stereocenters. The van der Waals surface area contributed by atoms with E-state index in [0.717, 1.165) is 6.42 Å². The van der Waals surface area contributed by atoms with E-state index in [0.29, 0.717) is 13.0 Å². The Morgan fingerprint density at radius 3 is 2.75 bits per heavy atom. The Kier molecular flexibility index (Phi) is 2.28. The van der Waals surface area contributed by atoms with Gasteiger partial charge in [0.05, 0.1) is 19.2 Å². The lowest BCUT2D eigenvalue weighted by Crippen LogP contribution is -2.47. The van der Waals surface area contributed by atoms with Gasteiger partial charge in [-0.05, 0) is 6.58 Å². The van der Waals surface area contributed by atoms with Crippen LogP contribution in [0.25, 0.3) is 0 Å². The number of aliphatic carboxylic acids is 1. The fourth-order valence-electron chi connectivity index (χ4n) is 1.53. The zero-order chi connectivity index (χ0) is 9.19. The molecule has 4 heteroatoms. The lowest BCUT2D eigenvalue weighted by molar-refractivity contribution is -0.786. The van der Waals surface area contributed by atoms with Crippen molar-refractivity contribution in [3.05, 3.63) is 12.8 Å². The van der Waals surface area contributed by atoms with Gasteiger partial charge >= 0.3 is 11.9 Å². The van der Waals surface area contributed by atoms with E-state index in [-0.39, 0.29) is 16.9 Å². The third-order valence-corrected chi connectivity index (χ3v) is 2.21. The number of carbonyl (C=O) groups is 2. The number of hydrogen-bond acceptors (Lipinski definition) is 2. The molecule has 1 fully saturated rings. The average Bonchev–Trinajstić information content (AvgIpc) is 2.32. The van der Waals surface area contributed by atoms with E-state index in [2.05, 4.69) is 6.58 Å². The van der Waals surface area contributed by atoms with Crippen LogP contribution in [0.3, 0.4) is 0 Å². The van der Waals surface area contributed by atoms with E-state index in [1.165, 1.54) is 6.20 Å². The normalized spacial score (nSPS) is 28.8. The second-order valence-electron chi connectivity index (χ2n) is 2.99. The van der Waals surface area contributed by atoms with Gasteiger partial charge in [-0.15, -0.1) is 0 Å². The molecule has 0 aromatic carbocycles. The third-order valence-electron chi connectivity index (χ3n) is 2.21. The summed E-state index contributed by atoms with van der Waals surface area (Å²) in [5.41, 5.74) is 0. The van der Waals surface area contributed by atoms with Crippen molar-refractivity contribution in [1.82, 2.24) is 0 Å². The van der Waals surface area contributed by atoms with Crippen molar-refractivity contribution < 1.29 is 19.2 Å². The van der Waals surface area contributed by atoms with Crippen molar-refractivity contribution >= 4 is 11.9 Å². The van der Waals surface area contributed by atoms with Gasteiger partial charge in [0.2, 0.25) is 0 Å². The standard InChI is InChI=1S/C8H11NO3/c1-2-9(6-8(11)12)5-3-4-7(9)10/h2H,1,3-6H2/p+1. The first-order chi connectivity index (χ1) is 5.60. The Morgan fingerprint density at radius 2 is 2.42 bits per heavy atom. The van der Waals surface area contributed by atoms with Crippen LogP contribution in [0, 0.1) is 0 Å². The Morgan fingerprint density at radius 1 is 1.75 bits per heavy atom. The molecular weight excluding hydrogens is 158 g/mol. The van der Waals surface area contributed by atoms with Crippen LogP contribution in [0.5, 0.6) is 0 Å². The Balaban J connectivity index is 2.81. The number of likely N-dealkylation sites (tertiary alicyclic amines) is 1. The van der Waals surface area contributed by atoms with Gasteiger partial charge < -0.3 is 5.11 Å². The van der Waals surface area contributed by atoms with Crippen LogP contribution in [0.15, 0.2) is 12.8 Å². The SMILES string of the molecule is C=C[N+]1(CC(=O)O)CCCC1=O. The van der Waals surface area contributed by atoms with Gasteiger partial charge in [0.1, 0.15) is 0 Å². The minimum absolute atomic E-state index is 0.0348. The highest BCUT2D eigenvalue weighted by Crippen LogP contribution is 2.20. The minimum atomic E-state index is -0.954. The molecular formula is C8H12NO3+. The zero-order valence-electron chi connectivity index (χ0n) is 6.82. The number of rotatable bonds is 3. The number of nitrogens with zero attached hydrogens (tertiary/aromatic N) is 1. The lowest BCUT2D eigenvalue weighted by atomic mass is 10.4. The Bertz CT molecular complexity index is 236. The molecule has 1 heterocycles. The van der Waals surface area contributed by atoms with Gasteiger partial charge in [-0.2, -0.15) is 0 Å². The molecule has 0 radical (unpaired) electrons. The van der Waals surface area contributed by atoms with Crippen LogP contribution in [-0.4, -0.2) is 34.6 Å². The van der Waals surface area contributed by atoms with Crippen molar-refractivity contribution in [2.24, 2.45) is 0 Å². The summed E-state index contributed by atoms with van der Waals surface area (Å²) >= 11 is 0. The minimum Gasteiger partial charge on any atom is -0.477 e. The molecule has 66 valence electrons. The number of carbonyl (C=O) groups excluding carboxylic acids is 1. The first-order valence-corrected chi connectivity index (χ1v) is 3.86. The van der Waals surface area contributed by atoms with Crippen LogP contribution in [0.1, 0.15) is 12.8 Å². The van der Waals surface area contributed by atoms with E-state index in [1.54, 1.807) is 0 Å². The molecule has 4 nitrogen and oxygen atoms in total. The summed E-state index contributed by atoms with van der Waals surface area (Å²) in [6.07, 6.45) is 2.67. The van der Waals surface area contributed by atoms with Crippen LogP contribution in [0.4, 0.5) is 0 Å². The van der Waals surface area contributed by atoms with Crippen molar-refractivity contribution in [3.8, 4) is 0 Å². The Labute approximate surface area is 70.7 Å². The van der Waals surface area contributed by atoms with Gasteiger partial charge in [-0.3, -0.25) is 0 Å². The molecule has 0 saturated carbocycles. The second kappa shape index (κ2) is 3.06. The van der Waals surface area contributed by atoms with Gasteiger partial charge in [-0.1, -0.05) is 0 Å². The maximum absolute atomic E-state index is 11.3. The molecule has 1 saturated heterocycles. The fraction of sp³-hybridized carbons (Fsp3) is 0.500. The van der Waals surface area contributed by atoms with Crippen LogP contribution < -0.4 is 0 Å². The lowest BCUT2D eigenvalue weighted by Gasteiger charge is -2.23. The fourth-order valence-corrected chi connectivity index (χ4v) is 1.53. The largest absolute Gasteiger partial charge is 0.477 e. The van der Waals surface area contributed by atoms with Crippen LogP contribution in [-0.2, 0) is 9.59 Å². The van der Waals surface area contributed by atoms with E-state index in [9.17, 15) is 9.59 Å². The number of amides is 1. The summed E-state index contributed by atoms with van der Waals surface area (Å²) in [5.74, 6) is -0.988. The predicted molar refractivity (Wildman–Crippen MR) is 42.1 cm³/mol. The van der Waals surface area contributed by atoms with Gasteiger partial charge in [0.15, 0.2) is 6.54 Å². The van der Waals surface area contributed by atoms with E-state index >= 15 is 0 Å². The molecule has 1 rings (SSSR count). The monoisotopic (exact) mass is 170 g/mol. The topological polar surface area (TPSA) is 54.4 Å². The molecule has 0 aromatic rings. The van der Waals surface area contributed by atoms with Gasteiger partial charge in [0.25, 0.3) is 0 Å². The van der Waals surface area contributed by atoms with E-state index in [4.69, 9.17) is 5.11 Å². The smallest absolute Gasteiger partial charge is 0.360 e. The predicted octanol–water partition coefficient (Wildman–Crippen LogP) is 0.352. The summed E-state index contributed by atoms with van der Waals surface area (Å²) in [4.78, 5) is 21.7. The molecule has 12 heavy (non-hydrogen) atoms. The second-order valence-corrected chi connectivity index (χ2v) is 2.99. The van der Waals surface area contributed by atoms with Crippen molar-refractivity contribution in [1.29, 1.82) is 0 Å². The van der Waals surface area contributed by atoms with Crippen molar-refractivity contribution in [3.63, 3.8) is 0 Å². The first-order valence-electron chi connectivity index (χ1n) is 3.86. The van der Waals surface area contributed by atoms with E-state index < -0.39 is 5.97 Å². The average molecular weight is 170 g/mol. The molecule has 1 atom stereocenters. The van der Waals surface area contributed by atoms with Crippen LogP contribution in [0.2, 0.25) is 0 Å². The van der Waals surface area contributed by atoms with Crippen LogP contribution >= 0.6 is 0 Å². The zero-order valence-corrected chi connectivity index (χ0v) is 6.82. The summed E-state index contributed by atoms with van der Waals surface area (Å²) in [6, 6.07) is 0. The van der Waals surface area contributed by atoms with Crippen molar-refractivity contribution in [2.75, 3.05) is 13.1 Å². The molecule has 1 aliphatic heterocycles. The molecule has 1 aliphatic rings. The quantitative estimate of drug-likeness (QED) is 0.622. The van der Waals surface area contributed by atoms with Crippen molar-refractivity contribution in [2.45, 2.75) is 12.8 Å². The molecule has 1 N–H and O–H groups in total. The number of hydrogen-bond donors (Lipinski definition) is 1. The molecule has 0 aliphatic carbocycles.